The van der Waals surface area contributed by atoms with Crippen molar-refractivity contribution < 1.29 is 4.74 Å². The van der Waals surface area contributed by atoms with Crippen molar-refractivity contribution in [2.45, 2.75) is 19.6 Å². The van der Waals surface area contributed by atoms with Gasteiger partial charge in [-0.15, -0.1) is 6.42 Å². The van der Waals surface area contributed by atoms with Crippen molar-refractivity contribution in [1.29, 1.82) is 0 Å². The van der Waals surface area contributed by atoms with Crippen molar-refractivity contribution >= 4 is 5.71 Å². The summed E-state index contributed by atoms with van der Waals surface area (Å²) in [5, 5.41) is 0. The fourth-order valence-electron chi connectivity index (χ4n) is 2.21. The lowest BCUT2D eigenvalue weighted by Gasteiger charge is -2.30. The van der Waals surface area contributed by atoms with Crippen LogP contribution in [0.5, 0.6) is 5.75 Å². The van der Waals surface area contributed by atoms with Crippen LogP contribution in [0.2, 0.25) is 0 Å². The molecule has 0 unspecified atom stereocenters. The number of aromatic nitrogens is 1. The summed E-state index contributed by atoms with van der Waals surface area (Å²) < 4.78 is 5.89. The van der Waals surface area contributed by atoms with Crippen LogP contribution in [0.1, 0.15) is 30.7 Å². The number of hydrogen-bond acceptors (Lipinski definition) is 3. The lowest BCUT2D eigenvalue weighted by atomic mass is 10.0. The van der Waals surface area contributed by atoms with E-state index >= 15 is 0 Å². The summed E-state index contributed by atoms with van der Waals surface area (Å²) in [6, 6.07) is 11.4. The van der Waals surface area contributed by atoms with Crippen molar-refractivity contribution in [2.75, 3.05) is 0 Å². The average Bonchev–Trinajstić information content (AvgIpc) is 2.46. The van der Waals surface area contributed by atoms with Gasteiger partial charge in [-0.3, -0.25) is 4.98 Å². The Labute approximate surface area is 118 Å². The maximum Gasteiger partial charge on any atom is 0.195 e. The minimum Gasteiger partial charge on any atom is -0.466 e. The lowest BCUT2D eigenvalue weighted by Crippen LogP contribution is -2.32. The van der Waals surface area contributed by atoms with Crippen LogP contribution >= 0.6 is 0 Å². The number of pyridine rings is 1. The number of hydrogen-bond donors (Lipinski definition) is 0. The van der Waals surface area contributed by atoms with Gasteiger partial charge >= 0.3 is 0 Å². The molecule has 0 fully saturated rings. The third-order valence-electron chi connectivity index (χ3n) is 3.05. The van der Waals surface area contributed by atoms with Gasteiger partial charge in [-0.05, 0) is 44.2 Å². The van der Waals surface area contributed by atoms with Crippen molar-refractivity contribution in [3.63, 3.8) is 0 Å². The van der Waals surface area contributed by atoms with Crippen LogP contribution in [-0.2, 0) is 0 Å². The van der Waals surface area contributed by atoms with Crippen LogP contribution in [0.4, 0.5) is 0 Å². The van der Waals surface area contributed by atoms with Gasteiger partial charge < -0.3 is 4.74 Å². The first-order chi connectivity index (χ1) is 9.59. The summed E-state index contributed by atoms with van der Waals surface area (Å²) in [5.41, 5.74) is 2.71. The quantitative estimate of drug-likeness (QED) is 0.740. The van der Waals surface area contributed by atoms with Gasteiger partial charge in [-0.2, -0.15) is 0 Å². The highest BCUT2D eigenvalue weighted by molar-refractivity contribution is 6.14. The number of ether oxygens (including phenoxy) is 1. The Morgan fingerprint density at radius 2 is 2.05 bits per heavy atom. The molecule has 0 amide bonds. The Morgan fingerprint density at radius 1 is 1.20 bits per heavy atom. The number of benzene rings is 1. The van der Waals surface area contributed by atoms with Gasteiger partial charge in [0.2, 0.25) is 0 Å². The molecular formula is C17H14N2O. The number of nitrogens with zero attached hydrogens (tertiary/aromatic N) is 2. The molecule has 2 aromatic rings. The number of rotatable bonds is 1. The van der Waals surface area contributed by atoms with Crippen molar-refractivity contribution in [2.24, 2.45) is 4.99 Å². The summed E-state index contributed by atoms with van der Waals surface area (Å²) in [6.07, 6.45) is 7.23. The minimum atomic E-state index is -0.614. The molecule has 0 N–H and O–H groups in total. The molecule has 0 aliphatic carbocycles. The molecule has 0 saturated carbocycles. The van der Waals surface area contributed by atoms with Crippen LogP contribution in [0.3, 0.4) is 0 Å². The first kappa shape index (κ1) is 12.4. The van der Waals surface area contributed by atoms with E-state index in [1.165, 1.54) is 0 Å². The summed E-state index contributed by atoms with van der Waals surface area (Å²) in [6.45, 7) is 3.85. The van der Waals surface area contributed by atoms with E-state index in [0.717, 1.165) is 28.3 Å². The van der Waals surface area contributed by atoms with E-state index in [4.69, 9.17) is 11.2 Å². The molecule has 0 radical (unpaired) electrons. The highest BCUT2D eigenvalue weighted by atomic mass is 16.5. The van der Waals surface area contributed by atoms with Crippen LogP contribution < -0.4 is 4.74 Å². The molecule has 0 bridgehead atoms. The predicted molar refractivity (Wildman–Crippen MR) is 79.0 cm³/mol. The molecule has 3 heteroatoms. The zero-order valence-corrected chi connectivity index (χ0v) is 11.4. The van der Waals surface area contributed by atoms with Crippen LogP contribution in [-0.4, -0.2) is 16.4 Å². The number of aliphatic imine (C=N–C) groups is 1. The van der Waals surface area contributed by atoms with Gasteiger partial charge in [-0.1, -0.05) is 12.0 Å². The Balaban J connectivity index is 2.22. The fraction of sp³-hybridized carbons (Fsp3) is 0.176. The van der Waals surface area contributed by atoms with Crippen LogP contribution in [0, 0.1) is 12.3 Å². The molecular weight excluding hydrogens is 248 g/mol. The molecule has 3 nitrogen and oxygen atoms in total. The van der Waals surface area contributed by atoms with E-state index in [1.54, 1.807) is 6.20 Å². The fourth-order valence-corrected chi connectivity index (χ4v) is 2.21. The van der Waals surface area contributed by atoms with Crippen molar-refractivity contribution in [3.05, 3.63) is 59.4 Å². The molecule has 20 heavy (non-hydrogen) atoms. The molecule has 1 aliphatic rings. The number of terminal acetylenes is 1. The second-order valence-corrected chi connectivity index (χ2v) is 5.08. The smallest absolute Gasteiger partial charge is 0.195 e. The summed E-state index contributed by atoms with van der Waals surface area (Å²) in [7, 11) is 0. The van der Waals surface area contributed by atoms with E-state index in [9.17, 15) is 0 Å². The molecule has 98 valence electrons. The van der Waals surface area contributed by atoms with E-state index < -0.39 is 5.72 Å². The Morgan fingerprint density at radius 3 is 2.75 bits per heavy atom. The van der Waals surface area contributed by atoms with E-state index in [1.807, 2.05) is 50.2 Å². The topological polar surface area (TPSA) is 34.5 Å². The van der Waals surface area contributed by atoms with E-state index in [-0.39, 0.29) is 0 Å². The largest absolute Gasteiger partial charge is 0.466 e. The van der Waals surface area contributed by atoms with Gasteiger partial charge in [0.1, 0.15) is 5.75 Å². The second-order valence-electron chi connectivity index (χ2n) is 5.08. The Bertz CT molecular complexity index is 724. The first-order valence-corrected chi connectivity index (χ1v) is 6.40. The molecule has 0 saturated heterocycles. The van der Waals surface area contributed by atoms with Crippen molar-refractivity contribution in [3.8, 4) is 18.1 Å². The summed E-state index contributed by atoms with van der Waals surface area (Å²) in [4.78, 5) is 9.05. The zero-order valence-electron chi connectivity index (χ0n) is 11.4. The summed E-state index contributed by atoms with van der Waals surface area (Å²) in [5.74, 6) is 3.42. The monoisotopic (exact) mass is 262 g/mol. The highest BCUT2D eigenvalue weighted by Crippen LogP contribution is 2.32. The third-order valence-corrected chi connectivity index (χ3v) is 3.05. The second kappa shape index (κ2) is 4.50. The van der Waals surface area contributed by atoms with Gasteiger partial charge in [0, 0.05) is 17.3 Å². The average molecular weight is 262 g/mol. The van der Waals surface area contributed by atoms with Crippen LogP contribution in [0.15, 0.2) is 47.6 Å². The maximum atomic E-state index is 5.89. The highest BCUT2D eigenvalue weighted by Gasteiger charge is 2.29. The molecule has 3 rings (SSSR count). The molecule has 1 aromatic heterocycles. The van der Waals surface area contributed by atoms with Gasteiger partial charge in [0.25, 0.3) is 0 Å². The SMILES string of the molecule is C#Cc1ccc2c(c1)C(c1ccccn1)=NC(C)(C)O2. The Hall–Kier alpha value is -2.60. The lowest BCUT2D eigenvalue weighted by molar-refractivity contribution is 0.115. The minimum absolute atomic E-state index is 0.614. The predicted octanol–water partition coefficient (Wildman–Crippen LogP) is 3.03. The van der Waals surface area contributed by atoms with Gasteiger partial charge in [0.15, 0.2) is 5.72 Å². The molecule has 1 aromatic carbocycles. The van der Waals surface area contributed by atoms with Gasteiger partial charge in [0.05, 0.1) is 11.4 Å². The molecule has 2 heterocycles. The van der Waals surface area contributed by atoms with Gasteiger partial charge in [-0.25, -0.2) is 4.99 Å². The first-order valence-electron chi connectivity index (χ1n) is 6.40. The summed E-state index contributed by atoms with van der Waals surface area (Å²) >= 11 is 0. The standard InChI is InChI=1S/C17H14N2O/c1-4-12-8-9-15-13(11-12)16(19-17(2,3)20-15)14-7-5-6-10-18-14/h1,5-11H,2-3H3. The third kappa shape index (κ3) is 2.17. The molecule has 0 spiro atoms. The van der Waals surface area contributed by atoms with E-state index in [2.05, 4.69) is 15.9 Å². The molecule has 1 aliphatic heterocycles. The zero-order chi connectivity index (χ0) is 14.2. The Kier molecular flexibility index (Phi) is 2.80. The normalized spacial score (nSPS) is 15.6. The molecule has 0 atom stereocenters. The van der Waals surface area contributed by atoms with E-state index in [0.29, 0.717) is 0 Å². The maximum absolute atomic E-state index is 5.89. The van der Waals surface area contributed by atoms with Crippen LogP contribution in [0.25, 0.3) is 0 Å². The number of fused-ring (bicyclic) bond motifs is 1. The van der Waals surface area contributed by atoms with Crippen molar-refractivity contribution in [1.82, 2.24) is 4.98 Å².